The summed E-state index contributed by atoms with van der Waals surface area (Å²) in [6.45, 7) is 4.90. The van der Waals surface area contributed by atoms with E-state index in [1.165, 1.54) is 5.56 Å². The van der Waals surface area contributed by atoms with E-state index in [1.807, 2.05) is 32.0 Å². The van der Waals surface area contributed by atoms with Gasteiger partial charge in [-0.1, -0.05) is 17.7 Å². The smallest absolute Gasteiger partial charge is 0.189 e. The summed E-state index contributed by atoms with van der Waals surface area (Å²) in [7, 11) is 0. The summed E-state index contributed by atoms with van der Waals surface area (Å²) < 4.78 is 10.5. The van der Waals surface area contributed by atoms with Gasteiger partial charge in [0.1, 0.15) is 5.75 Å². The van der Waals surface area contributed by atoms with Crippen LogP contribution in [0.4, 0.5) is 0 Å². The van der Waals surface area contributed by atoms with Crippen LogP contribution in [0.5, 0.6) is 5.75 Å². The number of alkyl halides is 1. The molecule has 0 N–H and O–H groups in total. The molecular weight excluding hydrogens is 200 g/mol. The van der Waals surface area contributed by atoms with Crippen molar-refractivity contribution in [2.75, 3.05) is 13.4 Å². The van der Waals surface area contributed by atoms with Crippen LogP contribution >= 0.6 is 11.6 Å². The van der Waals surface area contributed by atoms with Crippen molar-refractivity contribution in [1.82, 2.24) is 0 Å². The van der Waals surface area contributed by atoms with Crippen LogP contribution in [0.15, 0.2) is 18.2 Å². The quantitative estimate of drug-likeness (QED) is 0.426. The molecule has 0 bridgehead atoms. The Kier molecular flexibility index (Phi) is 4.77. The minimum atomic E-state index is 0.281. The van der Waals surface area contributed by atoms with E-state index in [2.05, 4.69) is 0 Å². The Morgan fingerprint density at radius 3 is 2.79 bits per heavy atom. The van der Waals surface area contributed by atoms with Crippen LogP contribution in [-0.4, -0.2) is 13.4 Å². The summed E-state index contributed by atoms with van der Waals surface area (Å²) in [6, 6.07) is 5.94. The van der Waals surface area contributed by atoms with Crippen molar-refractivity contribution in [3.05, 3.63) is 29.3 Å². The van der Waals surface area contributed by atoms with Crippen molar-refractivity contribution in [2.24, 2.45) is 0 Å². The average Bonchev–Trinajstić information content (AvgIpc) is 2.20. The van der Waals surface area contributed by atoms with Gasteiger partial charge in [0.05, 0.1) is 5.88 Å². The molecule has 0 radical (unpaired) electrons. The summed E-state index contributed by atoms with van der Waals surface area (Å²) in [5, 5.41) is 0. The standard InChI is InChI=1S/C11H15ClO2/c1-3-13-8-14-11-5-4-9(2)6-10(11)7-12/h4-6H,3,7-8H2,1-2H3. The van der Waals surface area contributed by atoms with Crippen LogP contribution in [0.1, 0.15) is 18.1 Å². The van der Waals surface area contributed by atoms with Gasteiger partial charge < -0.3 is 9.47 Å². The normalized spacial score (nSPS) is 10.2. The van der Waals surface area contributed by atoms with Gasteiger partial charge in [-0.25, -0.2) is 0 Å². The van der Waals surface area contributed by atoms with Gasteiger partial charge in [0.25, 0.3) is 0 Å². The molecule has 0 aliphatic carbocycles. The van der Waals surface area contributed by atoms with Gasteiger partial charge in [0.15, 0.2) is 6.79 Å². The van der Waals surface area contributed by atoms with Gasteiger partial charge in [-0.3, -0.25) is 0 Å². The first-order valence-corrected chi connectivity index (χ1v) is 5.17. The van der Waals surface area contributed by atoms with Crippen molar-refractivity contribution < 1.29 is 9.47 Å². The van der Waals surface area contributed by atoms with E-state index in [0.29, 0.717) is 12.5 Å². The molecule has 0 unspecified atom stereocenters. The molecule has 0 heterocycles. The summed E-state index contributed by atoms with van der Waals surface area (Å²) in [6.07, 6.45) is 0. The second-order valence-electron chi connectivity index (χ2n) is 3.00. The number of halogens is 1. The molecule has 14 heavy (non-hydrogen) atoms. The molecular formula is C11H15ClO2. The van der Waals surface area contributed by atoms with Crippen LogP contribution in [0.25, 0.3) is 0 Å². The average molecular weight is 215 g/mol. The maximum absolute atomic E-state index is 5.80. The maximum atomic E-state index is 5.80. The van der Waals surface area contributed by atoms with Crippen LogP contribution < -0.4 is 4.74 Å². The topological polar surface area (TPSA) is 18.5 Å². The van der Waals surface area contributed by atoms with E-state index in [0.717, 1.165) is 11.3 Å². The number of rotatable bonds is 5. The molecule has 0 saturated carbocycles. The highest BCUT2D eigenvalue weighted by molar-refractivity contribution is 6.17. The third-order valence-electron chi connectivity index (χ3n) is 1.86. The van der Waals surface area contributed by atoms with Crippen LogP contribution in [0, 0.1) is 6.92 Å². The van der Waals surface area contributed by atoms with E-state index in [-0.39, 0.29) is 6.79 Å². The van der Waals surface area contributed by atoms with Gasteiger partial charge in [-0.2, -0.15) is 0 Å². The fourth-order valence-electron chi connectivity index (χ4n) is 1.14. The van der Waals surface area contributed by atoms with E-state index < -0.39 is 0 Å². The fourth-order valence-corrected chi connectivity index (χ4v) is 1.35. The van der Waals surface area contributed by atoms with Crippen molar-refractivity contribution in [3.63, 3.8) is 0 Å². The molecule has 1 aromatic carbocycles. The molecule has 78 valence electrons. The van der Waals surface area contributed by atoms with Crippen molar-refractivity contribution in [3.8, 4) is 5.75 Å². The van der Waals surface area contributed by atoms with Gasteiger partial charge in [0.2, 0.25) is 0 Å². The lowest BCUT2D eigenvalue weighted by Crippen LogP contribution is -2.03. The highest BCUT2D eigenvalue weighted by Crippen LogP contribution is 2.21. The Morgan fingerprint density at radius 2 is 2.14 bits per heavy atom. The largest absolute Gasteiger partial charge is 0.467 e. The van der Waals surface area contributed by atoms with E-state index in [1.54, 1.807) is 0 Å². The molecule has 0 aliphatic rings. The number of aryl methyl sites for hydroxylation is 1. The van der Waals surface area contributed by atoms with Gasteiger partial charge in [-0.15, -0.1) is 11.6 Å². The molecule has 1 aromatic rings. The van der Waals surface area contributed by atoms with Crippen LogP contribution in [-0.2, 0) is 10.6 Å². The number of hydrogen-bond acceptors (Lipinski definition) is 2. The molecule has 1 rings (SSSR count). The molecule has 0 atom stereocenters. The zero-order chi connectivity index (χ0) is 10.4. The monoisotopic (exact) mass is 214 g/mol. The number of benzene rings is 1. The highest BCUT2D eigenvalue weighted by Gasteiger charge is 2.02. The maximum Gasteiger partial charge on any atom is 0.189 e. The summed E-state index contributed by atoms with van der Waals surface area (Å²) in [4.78, 5) is 0. The first-order chi connectivity index (χ1) is 6.77. The van der Waals surface area contributed by atoms with E-state index in [9.17, 15) is 0 Å². The minimum Gasteiger partial charge on any atom is -0.467 e. The lowest BCUT2D eigenvalue weighted by molar-refractivity contribution is 0.0219. The first-order valence-electron chi connectivity index (χ1n) is 4.64. The lowest BCUT2D eigenvalue weighted by Gasteiger charge is -2.10. The summed E-state index contributed by atoms with van der Waals surface area (Å²) in [5.74, 6) is 1.27. The lowest BCUT2D eigenvalue weighted by atomic mass is 10.1. The predicted octanol–water partition coefficient (Wildman–Crippen LogP) is 3.11. The second kappa shape index (κ2) is 5.89. The van der Waals surface area contributed by atoms with Crippen molar-refractivity contribution in [1.29, 1.82) is 0 Å². The fraction of sp³-hybridized carbons (Fsp3) is 0.455. The Balaban J connectivity index is 2.65. The van der Waals surface area contributed by atoms with Gasteiger partial charge in [-0.05, 0) is 19.9 Å². The molecule has 0 fully saturated rings. The van der Waals surface area contributed by atoms with Gasteiger partial charge >= 0.3 is 0 Å². The third-order valence-corrected chi connectivity index (χ3v) is 2.15. The zero-order valence-corrected chi connectivity index (χ0v) is 9.30. The summed E-state index contributed by atoms with van der Waals surface area (Å²) in [5.41, 5.74) is 2.19. The molecule has 0 amide bonds. The van der Waals surface area contributed by atoms with E-state index in [4.69, 9.17) is 21.1 Å². The first kappa shape index (κ1) is 11.3. The SMILES string of the molecule is CCOCOc1ccc(C)cc1CCl. The third kappa shape index (κ3) is 3.20. The predicted molar refractivity (Wildman–Crippen MR) is 57.9 cm³/mol. The molecule has 3 heteroatoms. The second-order valence-corrected chi connectivity index (χ2v) is 3.27. The minimum absolute atomic E-state index is 0.281. The molecule has 0 saturated heterocycles. The van der Waals surface area contributed by atoms with Crippen LogP contribution in [0.3, 0.4) is 0 Å². The molecule has 2 nitrogen and oxygen atoms in total. The van der Waals surface area contributed by atoms with Crippen molar-refractivity contribution >= 4 is 11.6 Å². The Bertz CT molecular complexity index is 287. The Hall–Kier alpha value is -0.730. The Labute approximate surface area is 89.8 Å². The highest BCUT2D eigenvalue weighted by atomic mass is 35.5. The molecule has 0 aromatic heterocycles. The number of hydrogen-bond donors (Lipinski definition) is 0. The zero-order valence-electron chi connectivity index (χ0n) is 8.55. The Morgan fingerprint density at radius 1 is 1.36 bits per heavy atom. The van der Waals surface area contributed by atoms with E-state index >= 15 is 0 Å². The number of ether oxygens (including phenoxy) is 2. The summed E-state index contributed by atoms with van der Waals surface area (Å²) >= 11 is 5.80. The molecule has 0 spiro atoms. The van der Waals surface area contributed by atoms with Crippen molar-refractivity contribution in [2.45, 2.75) is 19.7 Å². The van der Waals surface area contributed by atoms with Gasteiger partial charge in [0, 0.05) is 12.2 Å². The van der Waals surface area contributed by atoms with Crippen LogP contribution in [0.2, 0.25) is 0 Å². The molecule has 0 aliphatic heterocycles.